The average molecular weight is 375 g/mol. The van der Waals surface area contributed by atoms with Crippen molar-refractivity contribution < 1.29 is 4.39 Å². The smallest absolute Gasteiger partial charge is 0.202 e. The zero-order chi connectivity index (χ0) is 18.3. The fourth-order valence-corrected chi connectivity index (χ4v) is 3.48. The molecule has 0 amide bonds. The van der Waals surface area contributed by atoms with E-state index in [1.807, 2.05) is 7.05 Å². The summed E-state index contributed by atoms with van der Waals surface area (Å²) in [5.74, 6) is 0.299. The van der Waals surface area contributed by atoms with Gasteiger partial charge in [0.1, 0.15) is 11.3 Å². The Balaban J connectivity index is 1.65. The van der Waals surface area contributed by atoms with Gasteiger partial charge in [-0.3, -0.25) is 5.10 Å². The highest BCUT2D eigenvalue weighted by Crippen LogP contribution is 2.31. The Morgan fingerprint density at radius 3 is 2.81 bits per heavy atom. The maximum absolute atomic E-state index is 14.3. The number of benzene rings is 1. The first-order chi connectivity index (χ1) is 12.5. The minimum atomic E-state index is -0.493. The second-order valence-electron chi connectivity index (χ2n) is 6.90. The first-order valence-corrected chi connectivity index (χ1v) is 8.98. The number of hydrogen-bond donors (Lipinski definition) is 2. The molecule has 136 valence electrons. The molecule has 3 heterocycles. The Morgan fingerprint density at radius 2 is 2.08 bits per heavy atom. The Bertz CT molecular complexity index is 948. The van der Waals surface area contributed by atoms with Crippen LogP contribution in [-0.2, 0) is 0 Å². The van der Waals surface area contributed by atoms with Gasteiger partial charge in [-0.2, -0.15) is 5.10 Å². The fourth-order valence-electron chi connectivity index (χ4n) is 3.30. The van der Waals surface area contributed by atoms with E-state index in [1.165, 1.54) is 6.07 Å². The number of H-pyrrole nitrogens is 1. The quantitative estimate of drug-likeness (QED) is 0.735. The van der Waals surface area contributed by atoms with E-state index in [9.17, 15) is 4.39 Å². The first-order valence-electron chi connectivity index (χ1n) is 8.60. The molecular formula is C18H20ClFN6. The van der Waals surface area contributed by atoms with Gasteiger partial charge in [0, 0.05) is 24.2 Å². The summed E-state index contributed by atoms with van der Waals surface area (Å²) >= 11 is 5.89. The summed E-state index contributed by atoms with van der Waals surface area (Å²) in [4.78, 5) is 11.3. The monoisotopic (exact) mass is 374 g/mol. The Kier molecular flexibility index (Phi) is 4.28. The van der Waals surface area contributed by atoms with Crippen molar-refractivity contribution in [2.45, 2.75) is 25.3 Å². The standard InChI is InChI=1S/C18H20ClFN6/c1-18(21-2)6-8-26(9-7-18)13-10-22-16-15(24-25-17(16)23-13)11-4-3-5-12(19)14(11)20/h3-5,10,21H,6-9H2,1-2H3,(H,23,24,25). The fraction of sp³-hybridized carbons (Fsp3) is 0.389. The molecule has 0 atom stereocenters. The van der Waals surface area contributed by atoms with Crippen molar-refractivity contribution in [2.75, 3.05) is 25.0 Å². The first kappa shape index (κ1) is 17.2. The summed E-state index contributed by atoms with van der Waals surface area (Å²) in [7, 11) is 2.00. The summed E-state index contributed by atoms with van der Waals surface area (Å²) in [6.07, 6.45) is 3.79. The zero-order valence-corrected chi connectivity index (χ0v) is 15.4. The molecule has 2 aromatic heterocycles. The number of anilines is 1. The normalized spacial score (nSPS) is 17.0. The molecule has 1 fully saturated rings. The van der Waals surface area contributed by atoms with Crippen molar-refractivity contribution in [1.29, 1.82) is 0 Å². The van der Waals surface area contributed by atoms with Crippen molar-refractivity contribution in [3.05, 3.63) is 35.2 Å². The number of rotatable bonds is 3. The number of fused-ring (bicyclic) bond motifs is 1. The van der Waals surface area contributed by atoms with Gasteiger partial charge in [-0.15, -0.1) is 0 Å². The third-order valence-electron chi connectivity index (χ3n) is 5.27. The molecule has 0 spiro atoms. The topological polar surface area (TPSA) is 69.7 Å². The van der Waals surface area contributed by atoms with E-state index in [0.717, 1.165) is 31.7 Å². The number of piperidine rings is 1. The van der Waals surface area contributed by atoms with Crippen molar-refractivity contribution in [3.63, 3.8) is 0 Å². The van der Waals surface area contributed by atoms with Crippen LogP contribution in [-0.4, -0.2) is 45.8 Å². The SMILES string of the molecule is CNC1(C)CCN(c2cnc3c(-c4cccc(Cl)c4F)[nH]nc3n2)CC1. The number of aromatic amines is 1. The van der Waals surface area contributed by atoms with E-state index in [1.54, 1.807) is 18.3 Å². The number of aromatic nitrogens is 4. The van der Waals surface area contributed by atoms with Crippen LogP contribution in [0.25, 0.3) is 22.4 Å². The van der Waals surface area contributed by atoms with Gasteiger partial charge in [-0.05, 0) is 38.9 Å². The molecule has 1 saturated heterocycles. The molecule has 3 aromatic rings. The van der Waals surface area contributed by atoms with E-state index in [0.29, 0.717) is 22.4 Å². The molecule has 0 saturated carbocycles. The lowest BCUT2D eigenvalue weighted by atomic mass is 9.90. The second kappa shape index (κ2) is 6.48. The minimum absolute atomic E-state index is 0.0655. The molecule has 0 radical (unpaired) electrons. The van der Waals surface area contributed by atoms with Crippen molar-refractivity contribution in [1.82, 2.24) is 25.5 Å². The van der Waals surface area contributed by atoms with Gasteiger partial charge in [-0.25, -0.2) is 14.4 Å². The van der Waals surface area contributed by atoms with Crippen LogP contribution in [0.1, 0.15) is 19.8 Å². The van der Waals surface area contributed by atoms with Crippen LogP contribution in [0.3, 0.4) is 0 Å². The highest BCUT2D eigenvalue weighted by atomic mass is 35.5. The Morgan fingerprint density at radius 1 is 1.31 bits per heavy atom. The lowest BCUT2D eigenvalue weighted by Crippen LogP contribution is -2.50. The number of hydrogen-bond acceptors (Lipinski definition) is 5. The molecule has 1 aliphatic heterocycles. The maximum atomic E-state index is 14.3. The van der Waals surface area contributed by atoms with Crippen LogP contribution >= 0.6 is 11.6 Å². The minimum Gasteiger partial charge on any atom is -0.355 e. The highest BCUT2D eigenvalue weighted by molar-refractivity contribution is 6.31. The number of nitrogens with one attached hydrogen (secondary N) is 2. The second-order valence-corrected chi connectivity index (χ2v) is 7.31. The third kappa shape index (κ3) is 2.91. The molecular weight excluding hydrogens is 355 g/mol. The van der Waals surface area contributed by atoms with Gasteiger partial charge in [-0.1, -0.05) is 17.7 Å². The number of halogens is 2. The van der Waals surface area contributed by atoms with E-state index in [-0.39, 0.29) is 10.6 Å². The Labute approximate surface area is 155 Å². The summed E-state index contributed by atoms with van der Waals surface area (Å²) in [5.41, 5.74) is 1.99. The summed E-state index contributed by atoms with van der Waals surface area (Å²) in [5, 5.41) is 10.5. The third-order valence-corrected chi connectivity index (χ3v) is 5.56. The molecule has 1 aromatic carbocycles. The molecule has 1 aliphatic rings. The van der Waals surface area contributed by atoms with Crippen LogP contribution in [0, 0.1) is 5.82 Å². The molecule has 0 bridgehead atoms. The van der Waals surface area contributed by atoms with Crippen LogP contribution < -0.4 is 10.2 Å². The van der Waals surface area contributed by atoms with Gasteiger partial charge < -0.3 is 10.2 Å². The summed E-state index contributed by atoms with van der Waals surface area (Å²) in [6.45, 7) is 4.04. The molecule has 6 nitrogen and oxygen atoms in total. The van der Waals surface area contributed by atoms with Crippen molar-refractivity contribution in [3.8, 4) is 11.3 Å². The predicted octanol–water partition coefficient (Wildman–Crippen LogP) is 3.39. The van der Waals surface area contributed by atoms with Gasteiger partial charge in [0.05, 0.1) is 16.9 Å². The van der Waals surface area contributed by atoms with Crippen molar-refractivity contribution in [2.24, 2.45) is 0 Å². The molecule has 26 heavy (non-hydrogen) atoms. The van der Waals surface area contributed by atoms with Gasteiger partial charge in [0.2, 0.25) is 5.65 Å². The molecule has 4 rings (SSSR count). The van der Waals surface area contributed by atoms with Crippen LogP contribution in [0.2, 0.25) is 5.02 Å². The molecule has 0 aliphatic carbocycles. The van der Waals surface area contributed by atoms with E-state index < -0.39 is 5.82 Å². The molecule has 2 N–H and O–H groups in total. The molecule has 0 unspecified atom stereocenters. The zero-order valence-electron chi connectivity index (χ0n) is 14.7. The van der Waals surface area contributed by atoms with E-state index in [4.69, 9.17) is 11.6 Å². The van der Waals surface area contributed by atoms with Gasteiger partial charge in [0.15, 0.2) is 5.82 Å². The van der Waals surface area contributed by atoms with Crippen LogP contribution in [0.15, 0.2) is 24.4 Å². The number of nitrogens with zero attached hydrogens (tertiary/aromatic N) is 4. The van der Waals surface area contributed by atoms with Crippen molar-refractivity contribution >= 4 is 28.6 Å². The van der Waals surface area contributed by atoms with E-state index in [2.05, 4.69) is 37.3 Å². The maximum Gasteiger partial charge on any atom is 0.202 e. The van der Waals surface area contributed by atoms with Gasteiger partial charge >= 0.3 is 0 Å². The Hall–Kier alpha value is -2.25. The largest absolute Gasteiger partial charge is 0.355 e. The predicted molar refractivity (Wildman–Crippen MR) is 101 cm³/mol. The summed E-state index contributed by atoms with van der Waals surface area (Å²) in [6, 6.07) is 4.85. The lowest BCUT2D eigenvalue weighted by molar-refractivity contribution is 0.304. The lowest BCUT2D eigenvalue weighted by Gasteiger charge is -2.39. The van der Waals surface area contributed by atoms with E-state index >= 15 is 0 Å². The van der Waals surface area contributed by atoms with Crippen LogP contribution in [0.5, 0.6) is 0 Å². The van der Waals surface area contributed by atoms with Gasteiger partial charge in [0.25, 0.3) is 0 Å². The average Bonchev–Trinajstić information content (AvgIpc) is 3.07. The summed E-state index contributed by atoms with van der Waals surface area (Å²) < 4.78 is 14.3. The van der Waals surface area contributed by atoms with Crippen LogP contribution in [0.4, 0.5) is 10.2 Å². The highest BCUT2D eigenvalue weighted by Gasteiger charge is 2.29. The molecule has 8 heteroatoms.